The van der Waals surface area contributed by atoms with E-state index in [0.717, 1.165) is 11.0 Å². The van der Waals surface area contributed by atoms with E-state index in [-0.39, 0.29) is 6.61 Å². The van der Waals surface area contributed by atoms with Gasteiger partial charge in [0.05, 0.1) is 6.61 Å². The fourth-order valence-electron chi connectivity index (χ4n) is 0.506. The third-order valence-electron chi connectivity index (χ3n) is 0.995. The van der Waals surface area contributed by atoms with Gasteiger partial charge < -0.3 is 9.47 Å². The Morgan fingerprint density at radius 1 is 1.38 bits per heavy atom. The zero-order chi connectivity index (χ0) is 10.3. The zero-order valence-corrected chi connectivity index (χ0v) is 8.51. The molecule has 0 heterocycles. The van der Waals surface area contributed by atoms with Crippen LogP contribution in [0.4, 0.5) is 13.2 Å². The van der Waals surface area contributed by atoms with Crippen molar-refractivity contribution in [1.82, 2.24) is 0 Å². The SMILES string of the molecule is CC(OCCSCl)OCC(F)(F)F. The third-order valence-corrected chi connectivity index (χ3v) is 1.78. The van der Waals surface area contributed by atoms with Crippen LogP contribution >= 0.6 is 21.7 Å². The van der Waals surface area contributed by atoms with Crippen LogP contribution in [-0.4, -0.2) is 31.4 Å². The minimum Gasteiger partial charge on any atom is -0.352 e. The summed E-state index contributed by atoms with van der Waals surface area (Å²) in [6.45, 7) is 0.389. The number of alkyl halides is 3. The summed E-state index contributed by atoms with van der Waals surface area (Å²) >= 11 is 0. The number of hydrogen-bond acceptors (Lipinski definition) is 3. The maximum atomic E-state index is 11.6. The Balaban J connectivity index is 3.35. The molecule has 0 bridgehead atoms. The predicted octanol–water partition coefficient (Wildman–Crippen LogP) is 2.81. The average molecular weight is 239 g/mol. The maximum absolute atomic E-state index is 11.6. The van der Waals surface area contributed by atoms with Gasteiger partial charge in [-0.1, -0.05) is 11.0 Å². The van der Waals surface area contributed by atoms with E-state index < -0.39 is 19.1 Å². The molecule has 0 spiro atoms. The van der Waals surface area contributed by atoms with Crippen molar-refractivity contribution >= 4 is 21.7 Å². The van der Waals surface area contributed by atoms with Crippen LogP contribution in [0.15, 0.2) is 0 Å². The Kier molecular flexibility index (Phi) is 6.93. The Bertz CT molecular complexity index is 134. The van der Waals surface area contributed by atoms with Gasteiger partial charge in [-0.05, 0) is 17.6 Å². The lowest BCUT2D eigenvalue weighted by Crippen LogP contribution is -2.23. The number of hydrogen-bond donors (Lipinski definition) is 0. The molecule has 0 radical (unpaired) electrons. The highest BCUT2D eigenvalue weighted by Gasteiger charge is 2.28. The second kappa shape index (κ2) is 6.75. The lowest BCUT2D eigenvalue weighted by atomic mass is 10.6. The summed E-state index contributed by atoms with van der Waals surface area (Å²) in [5, 5.41) is 0. The van der Waals surface area contributed by atoms with Gasteiger partial charge in [0.15, 0.2) is 6.29 Å². The Morgan fingerprint density at radius 3 is 2.46 bits per heavy atom. The molecule has 13 heavy (non-hydrogen) atoms. The fourth-order valence-corrected chi connectivity index (χ4v) is 0.854. The second-order valence-corrected chi connectivity index (χ2v) is 3.46. The van der Waals surface area contributed by atoms with Gasteiger partial charge in [-0.25, -0.2) is 0 Å². The van der Waals surface area contributed by atoms with Gasteiger partial charge in [0.2, 0.25) is 0 Å². The van der Waals surface area contributed by atoms with Gasteiger partial charge in [0.1, 0.15) is 6.61 Å². The van der Waals surface area contributed by atoms with Crippen LogP contribution in [0.1, 0.15) is 6.92 Å². The monoisotopic (exact) mass is 238 g/mol. The predicted molar refractivity (Wildman–Crippen MR) is 45.7 cm³/mol. The van der Waals surface area contributed by atoms with Crippen molar-refractivity contribution in [2.45, 2.75) is 19.4 Å². The van der Waals surface area contributed by atoms with Crippen LogP contribution in [0.3, 0.4) is 0 Å². The zero-order valence-electron chi connectivity index (χ0n) is 6.94. The van der Waals surface area contributed by atoms with Gasteiger partial charge >= 0.3 is 6.18 Å². The smallest absolute Gasteiger partial charge is 0.352 e. The molecule has 0 rings (SSSR count). The molecule has 0 saturated heterocycles. The lowest BCUT2D eigenvalue weighted by Gasteiger charge is -2.14. The highest BCUT2D eigenvalue weighted by atomic mass is 35.7. The van der Waals surface area contributed by atoms with Crippen molar-refractivity contribution in [3.8, 4) is 0 Å². The quantitative estimate of drug-likeness (QED) is 0.524. The molecular formula is C6H10ClF3O2S. The molecule has 0 aromatic carbocycles. The molecule has 0 aromatic heterocycles. The molecule has 0 aliphatic rings. The summed E-state index contributed by atoms with van der Waals surface area (Å²) in [6, 6.07) is 0. The summed E-state index contributed by atoms with van der Waals surface area (Å²) in [6.07, 6.45) is -5.16. The topological polar surface area (TPSA) is 18.5 Å². The number of rotatable bonds is 6. The normalized spacial score (nSPS) is 14.5. The molecule has 7 heteroatoms. The molecule has 0 aliphatic carbocycles. The summed E-state index contributed by atoms with van der Waals surface area (Å²) in [4.78, 5) is 0. The van der Waals surface area contributed by atoms with Gasteiger partial charge in [-0.2, -0.15) is 13.2 Å². The molecule has 0 aromatic rings. The van der Waals surface area contributed by atoms with Crippen molar-refractivity contribution < 1.29 is 22.6 Å². The molecule has 0 saturated carbocycles. The number of halogens is 4. The van der Waals surface area contributed by atoms with Gasteiger partial charge in [-0.3, -0.25) is 0 Å². The van der Waals surface area contributed by atoms with Crippen molar-refractivity contribution in [2.75, 3.05) is 19.0 Å². The Hall–Kier alpha value is 0.350. The van der Waals surface area contributed by atoms with E-state index in [9.17, 15) is 13.2 Å². The summed E-state index contributed by atoms with van der Waals surface area (Å²) in [5.41, 5.74) is 0. The van der Waals surface area contributed by atoms with E-state index in [4.69, 9.17) is 15.4 Å². The summed E-state index contributed by atoms with van der Waals surface area (Å²) < 4.78 is 44.0. The molecule has 0 aliphatic heterocycles. The molecule has 1 atom stereocenters. The third kappa shape index (κ3) is 10.3. The van der Waals surface area contributed by atoms with Crippen LogP contribution in [0.5, 0.6) is 0 Å². The standard InChI is InChI=1S/C6H10ClF3O2S/c1-5(11-2-3-13-7)12-4-6(8,9)10/h5H,2-4H2,1H3. The van der Waals surface area contributed by atoms with Gasteiger partial charge in [0.25, 0.3) is 0 Å². The Labute approximate surface area is 83.2 Å². The van der Waals surface area contributed by atoms with Crippen molar-refractivity contribution in [2.24, 2.45) is 0 Å². The first-order valence-electron chi connectivity index (χ1n) is 3.49. The molecule has 80 valence electrons. The molecular weight excluding hydrogens is 229 g/mol. The highest BCUT2D eigenvalue weighted by molar-refractivity contribution is 8.21. The van der Waals surface area contributed by atoms with Crippen LogP contribution in [-0.2, 0) is 9.47 Å². The van der Waals surface area contributed by atoms with Gasteiger partial charge in [-0.15, -0.1) is 0 Å². The van der Waals surface area contributed by atoms with E-state index in [1.807, 2.05) is 0 Å². The van der Waals surface area contributed by atoms with E-state index >= 15 is 0 Å². The Morgan fingerprint density at radius 2 is 2.00 bits per heavy atom. The van der Waals surface area contributed by atoms with Crippen molar-refractivity contribution in [1.29, 1.82) is 0 Å². The van der Waals surface area contributed by atoms with Crippen LogP contribution < -0.4 is 0 Å². The summed E-state index contributed by atoms with van der Waals surface area (Å²) in [5.74, 6) is 0.515. The molecule has 1 unspecified atom stereocenters. The minimum absolute atomic E-state index is 0.271. The fraction of sp³-hybridized carbons (Fsp3) is 1.00. The number of ether oxygens (including phenoxy) is 2. The van der Waals surface area contributed by atoms with Crippen LogP contribution in [0.2, 0.25) is 0 Å². The van der Waals surface area contributed by atoms with E-state index in [1.54, 1.807) is 0 Å². The highest BCUT2D eigenvalue weighted by Crippen LogP contribution is 2.15. The summed E-state index contributed by atoms with van der Waals surface area (Å²) in [7, 11) is 6.29. The average Bonchev–Trinajstić information content (AvgIpc) is 2.00. The minimum atomic E-state index is -4.31. The van der Waals surface area contributed by atoms with Gasteiger partial charge in [0, 0.05) is 5.75 Å². The molecule has 2 nitrogen and oxygen atoms in total. The first-order valence-corrected chi connectivity index (χ1v) is 5.30. The van der Waals surface area contributed by atoms with Crippen LogP contribution in [0.25, 0.3) is 0 Å². The molecule has 0 N–H and O–H groups in total. The van der Waals surface area contributed by atoms with Crippen molar-refractivity contribution in [3.05, 3.63) is 0 Å². The second-order valence-electron chi connectivity index (χ2n) is 2.18. The first-order chi connectivity index (χ1) is 5.95. The lowest BCUT2D eigenvalue weighted by molar-refractivity contribution is -0.222. The molecule has 0 amide bonds. The molecule has 0 fully saturated rings. The van der Waals surface area contributed by atoms with Crippen LogP contribution in [0, 0.1) is 0 Å². The maximum Gasteiger partial charge on any atom is 0.411 e. The van der Waals surface area contributed by atoms with E-state index in [0.29, 0.717) is 5.75 Å². The van der Waals surface area contributed by atoms with E-state index in [2.05, 4.69) is 4.74 Å². The largest absolute Gasteiger partial charge is 0.411 e. The van der Waals surface area contributed by atoms with E-state index in [1.165, 1.54) is 6.92 Å². The first kappa shape index (κ1) is 13.4. The van der Waals surface area contributed by atoms with Crippen molar-refractivity contribution in [3.63, 3.8) is 0 Å².